The molecule has 22 heavy (non-hydrogen) atoms. The second kappa shape index (κ2) is 5.81. The molecule has 7 heteroatoms. The summed E-state index contributed by atoms with van der Waals surface area (Å²) >= 11 is 2.76. The van der Waals surface area contributed by atoms with Crippen LogP contribution in [0, 0.1) is 20.8 Å². The number of aryl methyl sites for hydroxylation is 3. The van der Waals surface area contributed by atoms with Gasteiger partial charge in [0.15, 0.2) is 4.34 Å². The highest BCUT2D eigenvalue weighted by molar-refractivity contribution is 8.02. The lowest BCUT2D eigenvalue weighted by Crippen LogP contribution is -2.31. The number of hydrogen-bond donors (Lipinski definition) is 0. The van der Waals surface area contributed by atoms with E-state index in [1.54, 1.807) is 0 Å². The highest BCUT2D eigenvalue weighted by Gasteiger charge is 2.40. The lowest BCUT2D eigenvalue weighted by Gasteiger charge is -2.16. The summed E-state index contributed by atoms with van der Waals surface area (Å²) in [6, 6.07) is 5.63. The van der Waals surface area contributed by atoms with Crippen molar-refractivity contribution in [3.8, 4) is 0 Å². The number of carbonyl (C=O) groups excluding carboxylic acids is 2. The van der Waals surface area contributed by atoms with Gasteiger partial charge in [0, 0.05) is 6.42 Å². The Kier molecular flexibility index (Phi) is 4.01. The zero-order valence-electron chi connectivity index (χ0n) is 12.5. The van der Waals surface area contributed by atoms with Gasteiger partial charge in [0.1, 0.15) is 10.3 Å². The Morgan fingerprint density at radius 1 is 1.18 bits per heavy atom. The molecule has 0 saturated carbocycles. The van der Waals surface area contributed by atoms with E-state index in [0.717, 1.165) is 20.5 Å². The molecule has 0 N–H and O–H groups in total. The van der Waals surface area contributed by atoms with E-state index in [1.165, 1.54) is 28.0 Å². The fraction of sp³-hybridized carbons (Fsp3) is 0.333. The van der Waals surface area contributed by atoms with Crippen molar-refractivity contribution in [1.82, 2.24) is 10.2 Å². The first-order valence-corrected chi connectivity index (χ1v) is 8.56. The van der Waals surface area contributed by atoms with E-state index in [4.69, 9.17) is 0 Å². The van der Waals surface area contributed by atoms with Crippen LogP contribution in [0.2, 0.25) is 0 Å². The van der Waals surface area contributed by atoms with E-state index < -0.39 is 5.25 Å². The molecule has 2 amide bonds. The maximum Gasteiger partial charge on any atom is 0.247 e. The van der Waals surface area contributed by atoms with Gasteiger partial charge in [0.2, 0.25) is 11.8 Å². The predicted molar refractivity (Wildman–Crippen MR) is 87.3 cm³/mol. The average Bonchev–Trinajstić information content (AvgIpc) is 2.98. The van der Waals surface area contributed by atoms with E-state index in [1.807, 2.05) is 39.0 Å². The van der Waals surface area contributed by atoms with Crippen molar-refractivity contribution in [3.63, 3.8) is 0 Å². The van der Waals surface area contributed by atoms with Crippen LogP contribution in [0.25, 0.3) is 0 Å². The van der Waals surface area contributed by atoms with Crippen molar-refractivity contribution in [2.45, 2.75) is 36.8 Å². The van der Waals surface area contributed by atoms with Crippen molar-refractivity contribution in [2.75, 3.05) is 4.90 Å². The Morgan fingerprint density at radius 3 is 2.59 bits per heavy atom. The number of rotatable bonds is 3. The highest BCUT2D eigenvalue weighted by Crippen LogP contribution is 2.35. The minimum absolute atomic E-state index is 0.160. The number of hydrogen-bond acceptors (Lipinski definition) is 6. The van der Waals surface area contributed by atoms with Gasteiger partial charge in [-0.3, -0.25) is 9.59 Å². The second-order valence-corrected chi connectivity index (χ2v) is 7.87. The Balaban J connectivity index is 1.83. The van der Waals surface area contributed by atoms with Gasteiger partial charge in [-0.2, -0.15) is 0 Å². The largest absolute Gasteiger partial charge is 0.274 e. The Hall–Kier alpha value is -1.73. The molecule has 0 bridgehead atoms. The summed E-state index contributed by atoms with van der Waals surface area (Å²) in [5.41, 5.74) is 2.85. The highest BCUT2D eigenvalue weighted by atomic mass is 32.2. The summed E-state index contributed by atoms with van der Waals surface area (Å²) in [5, 5.41) is 8.39. The molecule has 2 aromatic rings. The number of benzene rings is 1. The van der Waals surface area contributed by atoms with Crippen LogP contribution in [0.4, 0.5) is 5.69 Å². The third-order valence-electron chi connectivity index (χ3n) is 3.60. The molecule has 0 spiro atoms. The van der Waals surface area contributed by atoms with Crippen molar-refractivity contribution in [3.05, 3.63) is 34.3 Å². The van der Waals surface area contributed by atoms with Gasteiger partial charge in [0.25, 0.3) is 0 Å². The van der Waals surface area contributed by atoms with Crippen molar-refractivity contribution >= 4 is 40.6 Å². The predicted octanol–water partition coefficient (Wildman–Crippen LogP) is 2.89. The molecule has 114 valence electrons. The molecule has 0 aliphatic carbocycles. The van der Waals surface area contributed by atoms with Crippen LogP contribution in [0.3, 0.4) is 0 Å². The molecular formula is C15H15N3O2S2. The van der Waals surface area contributed by atoms with Crippen molar-refractivity contribution in [1.29, 1.82) is 0 Å². The molecule has 0 unspecified atom stereocenters. The average molecular weight is 333 g/mol. The number of anilines is 1. The first kappa shape index (κ1) is 15.2. The van der Waals surface area contributed by atoms with Gasteiger partial charge in [0.05, 0.1) is 5.69 Å². The van der Waals surface area contributed by atoms with E-state index in [2.05, 4.69) is 10.2 Å². The molecule has 3 rings (SSSR count). The topological polar surface area (TPSA) is 63.2 Å². The van der Waals surface area contributed by atoms with Crippen LogP contribution < -0.4 is 4.90 Å². The number of aromatic nitrogens is 2. The first-order chi connectivity index (χ1) is 10.5. The van der Waals surface area contributed by atoms with Crippen LogP contribution in [0.15, 0.2) is 22.5 Å². The summed E-state index contributed by atoms with van der Waals surface area (Å²) in [5.74, 6) is -0.335. The third-order valence-corrected chi connectivity index (χ3v) is 5.71. The van der Waals surface area contributed by atoms with E-state index in [9.17, 15) is 9.59 Å². The molecule has 2 heterocycles. The number of imide groups is 1. The van der Waals surface area contributed by atoms with Gasteiger partial charge < -0.3 is 0 Å². The maximum absolute atomic E-state index is 12.6. The minimum Gasteiger partial charge on any atom is -0.274 e. The summed E-state index contributed by atoms with van der Waals surface area (Å²) in [4.78, 5) is 26.1. The lowest BCUT2D eigenvalue weighted by atomic mass is 10.1. The normalized spacial score (nSPS) is 18.3. The zero-order chi connectivity index (χ0) is 15.9. The van der Waals surface area contributed by atoms with Gasteiger partial charge in [-0.1, -0.05) is 29.2 Å². The molecule has 1 fully saturated rings. The van der Waals surface area contributed by atoms with Crippen LogP contribution in [0.1, 0.15) is 22.6 Å². The summed E-state index contributed by atoms with van der Waals surface area (Å²) in [7, 11) is 0. The number of carbonyl (C=O) groups is 2. The van der Waals surface area contributed by atoms with Gasteiger partial charge >= 0.3 is 0 Å². The molecule has 1 aliphatic heterocycles. The fourth-order valence-electron chi connectivity index (χ4n) is 2.28. The molecule has 1 atom stereocenters. The lowest BCUT2D eigenvalue weighted by molar-refractivity contribution is -0.121. The summed E-state index contributed by atoms with van der Waals surface area (Å²) in [6.07, 6.45) is 0.203. The molecule has 0 radical (unpaired) electrons. The first-order valence-electron chi connectivity index (χ1n) is 6.86. The molecule has 1 aromatic heterocycles. The molecular weight excluding hydrogens is 318 g/mol. The SMILES string of the molecule is Cc1nnc(S[C@@H]2CC(=O)N(c3ccc(C)c(C)c3)C2=O)s1. The summed E-state index contributed by atoms with van der Waals surface area (Å²) in [6.45, 7) is 5.84. The van der Waals surface area contributed by atoms with Crippen LogP contribution in [-0.4, -0.2) is 27.3 Å². The Bertz CT molecular complexity index is 757. The van der Waals surface area contributed by atoms with Crippen molar-refractivity contribution in [2.24, 2.45) is 0 Å². The standard InChI is InChI=1S/C15H15N3O2S2/c1-8-4-5-11(6-9(8)2)18-13(19)7-12(14(18)20)22-15-17-16-10(3)21-15/h4-6,12H,7H2,1-3H3/t12-/m1/s1. The van der Waals surface area contributed by atoms with Crippen LogP contribution in [0.5, 0.6) is 0 Å². The van der Waals surface area contributed by atoms with Crippen LogP contribution >= 0.6 is 23.1 Å². The molecule has 1 aromatic carbocycles. The summed E-state index contributed by atoms with van der Waals surface area (Å²) < 4.78 is 0.727. The monoisotopic (exact) mass is 333 g/mol. The van der Waals surface area contributed by atoms with Crippen molar-refractivity contribution < 1.29 is 9.59 Å². The van der Waals surface area contributed by atoms with Gasteiger partial charge in [-0.25, -0.2) is 4.90 Å². The molecule has 1 aliphatic rings. The van der Waals surface area contributed by atoms with Gasteiger partial charge in [-0.15, -0.1) is 10.2 Å². The number of thioether (sulfide) groups is 1. The zero-order valence-corrected chi connectivity index (χ0v) is 14.1. The van der Waals surface area contributed by atoms with E-state index >= 15 is 0 Å². The smallest absolute Gasteiger partial charge is 0.247 e. The Labute approximate surface area is 136 Å². The van der Waals surface area contributed by atoms with Gasteiger partial charge in [-0.05, 0) is 44.0 Å². The quantitative estimate of drug-likeness (QED) is 0.808. The van der Waals surface area contributed by atoms with E-state index in [-0.39, 0.29) is 18.2 Å². The fourth-order valence-corrected chi connectivity index (χ4v) is 4.36. The number of amides is 2. The van der Waals surface area contributed by atoms with Crippen LogP contribution in [-0.2, 0) is 9.59 Å². The number of nitrogens with zero attached hydrogens (tertiary/aromatic N) is 3. The third kappa shape index (κ3) is 2.78. The Morgan fingerprint density at radius 2 is 1.95 bits per heavy atom. The van der Waals surface area contributed by atoms with E-state index in [0.29, 0.717) is 5.69 Å². The molecule has 5 nitrogen and oxygen atoms in total. The molecule has 1 saturated heterocycles. The second-order valence-electron chi connectivity index (χ2n) is 5.23. The maximum atomic E-state index is 12.6. The minimum atomic E-state index is -0.415.